The minimum atomic E-state index is -3.08. The van der Waals surface area contributed by atoms with Crippen molar-refractivity contribution < 1.29 is 17.9 Å². The van der Waals surface area contributed by atoms with Gasteiger partial charge in [-0.15, -0.1) is 0 Å². The van der Waals surface area contributed by atoms with Crippen molar-refractivity contribution in [3.05, 3.63) is 23.8 Å². The maximum absolute atomic E-state index is 12.1. The second-order valence-corrected chi connectivity index (χ2v) is 6.88. The third-order valence-corrected chi connectivity index (χ3v) is 4.94. The monoisotopic (exact) mass is 285 g/mol. The second kappa shape index (κ2) is 5.79. The van der Waals surface area contributed by atoms with Gasteiger partial charge in [0.25, 0.3) is 0 Å². The van der Waals surface area contributed by atoms with E-state index in [2.05, 4.69) is 5.32 Å². The van der Waals surface area contributed by atoms with Crippen LogP contribution in [0, 0.1) is 5.92 Å². The molecule has 1 N–H and O–H groups in total. The molecule has 6 heteroatoms. The van der Waals surface area contributed by atoms with Gasteiger partial charge in [0.1, 0.15) is 0 Å². The molecule has 0 atom stereocenters. The summed E-state index contributed by atoms with van der Waals surface area (Å²) in [4.78, 5) is 0. The van der Waals surface area contributed by atoms with Gasteiger partial charge < -0.3 is 14.8 Å². The first kappa shape index (κ1) is 14.1. The molecule has 0 radical (unpaired) electrons. The molecule has 106 valence electrons. The van der Waals surface area contributed by atoms with Gasteiger partial charge in [0, 0.05) is 13.1 Å². The number of hydrogen-bond acceptors (Lipinski definition) is 5. The Morgan fingerprint density at radius 3 is 2.42 bits per heavy atom. The first-order valence-electron chi connectivity index (χ1n) is 6.16. The van der Waals surface area contributed by atoms with E-state index < -0.39 is 9.84 Å². The Morgan fingerprint density at radius 2 is 1.89 bits per heavy atom. The number of ether oxygens (including phenoxy) is 2. The average molecular weight is 285 g/mol. The molecule has 1 saturated heterocycles. The van der Waals surface area contributed by atoms with Gasteiger partial charge in [-0.2, -0.15) is 0 Å². The zero-order valence-corrected chi connectivity index (χ0v) is 12.0. The molecule has 1 aromatic rings. The largest absolute Gasteiger partial charge is 0.493 e. The van der Waals surface area contributed by atoms with E-state index in [1.54, 1.807) is 25.3 Å². The second-order valence-electron chi connectivity index (χ2n) is 4.77. The van der Waals surface area contributed by atoms with Crippen LogP contribution in [0.4, 0.5) is 0 Å². The summed E-state index contributed by atoms with van der Waals surface area (Å²) >= 11 is 0. The molecule has 1 heterocycles. The highest BCUT2D eigenvalue weighted by Crippen LogP contribution is 2.28. The number of methoxy groups -OCH3 is 2. The fourth-order valence-corrected chi connectivity index (χ4v) is 3.87. The molecule has 0 aliphatic carbocycles. The maximum Gasteiger partial charge on any atom is 0.161 e. The molecule has 1 aromatic carbocycles. The Labute approximate surface area is 113 Å². The summed E-state index contributed by atoms with van der Waals surface area (Å²) in [6.07, 6.45) is 0. The highest BCUT2D eigenvalue weighted by atomic mass is 32.2. The maximum atomic E-state index is 12.1. The number of benzene rings is 1. The molecule has 1 aliphatic rings. The summed E-state index contributed by atoms with van der Waals surface area (Å²) in [7, 11) is 0.0157. The Kier molecular flexibility index (Phi) is 4.31. The first-order valence-corrected chi connectivity index (χ1v) is 7.98. The quantitative estimate of drug-likeness (QED) is 0.839. The predicted octanol–water partition coefficient (Wildman–Crippen LogP) is 0.838. The van der Waals surface area contributed by atoms with Gasteiger partial charge in [0.15, 0.2) is 21.3 Å². The molecule has 0 saturated carbocycles. The summed E-state index contributed by atoms with van der Waals surface area (Å²) in [5, 5.41) is 3.08. The normalized spacial score (nSPS) is 15.9. The van der Waals surface area contributed by atoms with Crippen LogP contribution in [-0.4, -0.2) is 41.5 Å². The summed E-state index contributed by atoms with van der Waals surface area (Å²) in [6, 6.07) is 5.21. The molecule has 0 amide bonds. The molecular formula is C13H19NO4S. The molecule has 5 nitrogen and oxygen atoms in total. The number of hydrogen-bond donors (Lipinski definition) is 1. The van der Waals surface area contributed by atoms with Crippen LogP contribution in [0.5, 0.6) is 11.5 Å². The lowest BCUT2D eigenvalue weighted by atomic mass is 10.1. The molecule has 0 spiro atoms. The molecule has 1 fully saturated rings. The van der Waals surface area contributed by atoms with Gasteiger partial charge in [0.05, 0.1) is 25.7 Å². The van der Waals surface area contributed by atoms with E-state index in [0.29, 0.717) is 11.5 Å². The SMILES string of the molecule is COc1ccc(CS(=O)(=O)CC2CNC2)cc1OC. The lowest BCUT2D eigenvalue weighted by molar-refractivity contribution is 0.354. The van der Waals surface area contributed by atoms with E-state index in [9.17, 15) is 8.42 Å². The minimum Gasteiger partial charge on any atom is -0.493 e. The number of nitrogens with one attached hydrogen (secondary N) is 1. The average Bonchev–Trinajstić information content (AvgIpc) is 2.33. The van der Waals surface area contributed by atoms with Gasteiger partial charge >= 0.3 is 0 Å². The van der Waals surface area contributed by atoms with Crippen LogP contribution in [0.25, 0.3) is 0 Å². The van der Waals surface area contributed by atoms with Crippen LogP contribution in [0.1, 0.15) is 5.56 Å². The van der Waals surface area contributed by atoms with E-state index in [1.807, 2.05) is 0 Å². The van der Waals surface area contributed by atoms with Gasteiger partial charge in [0.2, 0.25) is 0 Å². The van der Waals surface area contributed by atoms with Crippen molar-refractivity contribution in [3.63, 3.8) is 0 Å². The molecule has 0 unspecified atom stereocenters. The van der Waals surface area contributed by atoms with Crippen LogP contribution in [-0.2, 0) is 15.6 Å². The molecule has 19 heavy (non-hydrogen) atoms. The van der Waals surface area contributed by atoms with Crippen molar-refractivity contribution in [1.82, 2.24) is 5.32 Å². The van der Waals surface area contributed by atoms with Crippen LogP contribution in [0.2, 0.25) is 0 Å². The van der Waals surface area contributed by atoms with Gasteiger partial charge in [-0.1, -0.05) is 6.07 Å². The van der Waals surface area contributed by atoms with Crippen molar-refractivity contribution in [2.75, 3.05) is 33.1 Å². The van der Waals surface area contributed by atoms with Crippen LogP contribution >= 0.6 is 0 Å². The van der Waals surface area contributed by atoms with E-state index in [-0.39, 0.29) is 17.4 Å². The molecule has 0 aromatic heterocycles. The smallest absolute Gasteiger partial charge is 0.161 e. The van der Waals surface area contributed by atoms with Crippen molar-refractivity contribution in [3.8, 4) is 11.5 Å². The summed E-state index contributed by atoms with van der Waals surface area (Å²) in [5.41, 5.74) is 0.727. The lowest BCUT2D eigenvalue weighted by Crippen LogP contribution is -2.45. The van der Waals surface area contributed by atoms with E-state index in [0.717, 1.165) is 18.7 Å². The van der Waals surface area contributed by atoms with Crippen molar-refractivity contribution >= 4 is 9.84 Å². The minimum absolute atomic E-state index is 0.0455. The fourth-order valence-electron chi connectivity index (χ4n) is 2.11. The van der Waals surface area contributed by atoms with Gasteiger partial charge in [-0.05, 0) is 23.6 Å². The Balaban J connectivity index is 2.09. The van der Waals surface area contributed by atoms with Crippen LogP contribution in [0.3, 0.4) is 0 Å². The van der Waals surface area contributed by atoms with Crippen LogP contribution < -0.4 is 14.8 Å². The highest BCUT2D eigenvalue weighted by Gasteiger charge is 2.24. The topological polar surface area (TPSA) is 64.6 Å². The van der Waals surface area contributed by atoms with Crippen LogP contribution in [0.15, 0.2) is 18.2 Å². The molecular weight excluding hydrogens is 266 g/mol. The summed E-state index contributed by atoms with van der Waals surface area (Å²) in [5.74, 6) is 1.70. The van der Waals surface area contributed by atoms with Gasteiger partial charge in [-0.3, -0.25) is 0 Å². The Hall–Kier alpha value is -1.27. The highest BCUT2D eigenvalue weighted by molar-refractivity contribution is 7.90. The van der Waals surface area contributed by atoms with Crippen molar-refractivity contribution in [2.45, 2.75) is 5.75 Å². The lowest BCUT2D eigenvalue weighted by Gasteiger charge is -2.26. The standard InChI is InChI=1S/C13H19NO4S/c1-17-12-4-3-10(5-13(12)18-2)8-19(15,16)9-11-6-14-7-11/h3-5,11,14H,6-9H2,1-2H3. The van der Waals surface area contributed by atoms with E-state index in [1.165, 1.54) is 7.11 Å². The summed E-state index contributed by atoms with van der Waals surface area (Å²) in [6.45, 7) is 1.59. The fraction of sp³-hybridized carbons (Fsp3) is 0.538. The number of sulfone groups is 1. The van der Waals surface area contributed by atoms with Crippen molar-refractivity contribution in [1.29, 1.82) is 0 Å². The first-order chi connectivity index (χ1) is 9.04. The zero-order valence-electron chi connectivity index (χ0n) is 11.2. The predicted molar refractivity (Wildman–Crippen MR) is 73.4 cm³/mol. The molecule has 0 bridgehead atoms. The molecule has 2 rings (SSSR count). The van der Waals surface area contributed by atoms with Crippen molar-refractivity contribution in [2.24, 2.45) is 5.92 Å². The summed E-state index contributed by atoms with van der Waals surface area (Å²) < 4.78 is 34.4. The third-order valence-electron chi connectivity index (χ3n) is 3.19. The van der Waals surface area contributed by atoms with Gasteiger partial charge in [-0.25, -0.2) is 8.42 Å². The Morgan fingerprint density at radius 1 is 1.21 bits per heavy atom. The zero-order chi connectivity index (χ0) is 13.9. The van der Waals surface area contributed by atoms with E-state index >= 15 is 0 Å². The Bertz CT molecular complexity index is 538. The van der Waals surface area contributed by atoms with E-state index in [4.69, 9.17) is 9.47 Å². The molecule has 1 aliphatic heterocycles. The number of rotatable bonds is 6. The third kappa shape index (κ3) is 3.61.